The maximum absolute atomic E-state index is 6.14. The molecule has 0 amide bonds. The Balaban J connectivity index is 1.56. The summed E-state index contributed by atoms with van der Waals surface area (Å²) in [6, 6.07) is 23.7. The summed E-state index contributed by atoms with van der Waals surface area (Å²) >= 11 is 0. The molecule has 0 saturated heterocycles. The van der Waals surface area contributed by atoms with Gasteiger partial charge in [0.1, 0.15) is 11.5 Å². The van der Waals surface area contributed by atoms with Crippen LogP contribution in [0.5, 0.6) is 0 Å². The van der Waals surface area contributed by atoms with Crippen molar-refractivity contribution in [2.45, 2.75) is 13.0 Å². The van der Waals surface area contributed by atoms with Gasteiger partial charge in [-0.25, -0.2) is 9.97 Å². The zero-order valence-corrected chi connectivity index (χ0v) is 18.8. The van der Waals surface area contributed by atoms with Crippen molar-refractivity contribution in [3.05, 3.63) is 84.3 Å². The van der Waals surface area contributed by atoms with Crippen molar-refractivity contribution in [3.63, 3.8) is 0 Å². The molecule has 0 aliphatic rings. The molecule has 0 saturated carbocycles. The van der Waals surface area contributed by atoms with Crippen molar-refractivity contribution in [1.82, 2.24) is 19.9 Å². The zero-order chi connectivity index (χ0) is 22.8. The van der Waals surface area contributed by atoms with Crippen molar-refractivity contribution in [1.29, 1.82) is 0 Å². The minimum Gasteiger partial charge on any atom is -0.465 e. The van der Waals surface area contributed by atoms with Crippen LogP contribution in [0.4, 0.5) is 5.82 Å². The highest BCUT2D eigenvalue weighted by atomic mass is 16.4. The summed E-state index contributed by atoms with van der Waals surface area (Å²) in [4.78, 5) is 16.3. The summed E-state index contributed by atoms with van der Waals surface area (Å²) in [6.07, 6.45) is 0. The SMILES string of the molecule is Cc1ccc([C@@H](CNc2nc(-c3ccccc3)nc3nc(-c4ccccc4)oc23)N(C)C)o1. The fraction of sp³-hybridized carbons (Fsp3) is 0.192. The molecule has 0 radical (unpaired) electrons. The van der Waals surface area contributed by atoms with Crippen LogP contribution < -0.4 is 5.32 Å². The van der Waals surface area contributed by atoms with Crippen LogP contribution in [0.1, 0.15) is 17.6 Å². The quantitative estimate of drug-likeness (QED) is 0.355. The summed E-state index contributed by atoms with van der Waals surface area (Å²) in [6.45, 7) is 2.52. The van der Waals surface area contributed by atoms with E-state index < -0.39 is 0 Å². The van der Waals surface area contributed by atoms with Crippen LogP contribution >= 0.6 is 0 Å². The van der Waals surface area contributed by atoms with Gasteiger partial charge in [-0.2, -0.15) is 4.98 Å². The first-order chi connectivity index (χ1) is 16.1. The van der Waals surface area contributed by atoms with Gasteiger partial charge < -0.3 is 14.2 Å². The van der Waals surface area contributed by atoms with E-state index in [2.05, 4.69) is 15.2 Å². The summed E-state index contributed by atoms with van der Waals surface area (Å²) in [5, 5.41) is 3.47. The van der Waals surface area contributed by atoms with Gasteiger partial charge in [0, 0.05) is 17.7 Å². The highest BCUT2D eigenvalue weighted by Gasteiger charge is 2.21. The monoisotopic (exact) mass is 439 g/mol. The lowest BCUT2D eigenvalue weighted by Gasteiger charge is -2.23. The van der Waals surface area contributed by atoms with Gasteiger partial charge in [0.25, 0.3) is 0 Å². The molecule has 7 nitrogen and oxygen atoms in total. The normalized spacial score (nSPS) is 12.4. The molecule has 33 heavy (non-hydrogen) atoms. The third-order valence-corrected chi connectivity index (χ3v) is 5.48. The molecular weight excluding hydrogens is 414 g/mol. The second-order valence-corrected chi connectivity index (χ2v) is 8.11. The molecule has 7 heteroatoms. The van der Waals surface area contributed by atoms with Gasteiger partial charge in [0.05, 0.1) is 6.04 Å². The molecule has 0 bridgehead atoms. The number of rotatable bonds is 7. The van der Waals surface area contributed by atoms with E-state index in [0.717, 1.165) is 22.6 Å². The highest BCUT2D eigenvalue weighted by molar-refractivity contribution is 5.84. The van der Waals surface area contributed by atoms with E-state index in [1.807, 2.05) is 93.8 Å². The molecule has 0 unspecified atom stereocenters. The lowest BCUT2D eigenvalue weighted by molar-refractivity contribution is 0.266. The van der Waals surface area contributed by atoms with E-state index in [1.165, 1.54) is 0 Å². The summed E-state index contributed by atoms with van der Waals surface area (Å²) in [5.41, 5.74) is 2.85. The Hall–Kier alpha value is -3.97. The Morgan fingerprint density at radius 3 is 2.15 bits per heavy atom. The first-order valence-corrected chi connectivity index (χ1v) is 10.8. The second kappa shape index (κ2) is 8.88. The number of aryl methyl sites for hydroxylation is 1. The summed E-state index contributed by atoms with van der Waals surface area (Å²) < 4.78 is 12.0. The van der Waals surface area contributed by atoms with Gasteiger partial charge >= 0.3 is 0 Å². The van der Waals surface area contributed by atoms with Crippen LogP contribution in [-0.2, 0) is 0 Å². The molecule has 3 heterocycles. The molecule has 0 spiro atoms. The Morgan fingerprint density at radius 1 is 0.818 bits per heavy atom. The number of anilines is 1. The molecule has 166 valence electrons. The molecule has 5 rings (SSSR count). The smallest absolute Gasteiger partial charge is 0.229 e. The Bertz CT molecular complexity index is 1360. The number of likely N-dealkylation sites (N-methyl/N-ethyl adjacent to an activating group) is 1. The largest absolute Gasteiger partial charge is 0.465 e. The molecule has 0 aliphatic carbocycles. The van der Waals surface area contributed by atoms with Gasteiger partial charge in [-0.05, 0) is 45.3 Å². The van der Waals surface area contributed by atoms with Crippen LogP contribution in [0.2, 0.25) is 0 Å². The minimum absolute atomic E-state index is 0.0143. The average molecular weight is 440 g/mol. The first-order valence-electron chi connectivity index (χ1n) is 10.8. The number of aromatic nitrogens is 3. The number of hydrogen-bond acceptors (Lipinski definition) is 7. The van der Waals surface area contributed by atoms with Gasteiger partial charge in [-0.1, -0.05) is 48.5 Å². The third-order valence-electron chi connectivity index (χ3n) is 5.48. The van der Waals surface area contributed by atoms with Crippen LogP contribution in [-0.4, -0.2) is 40.5 Å². The van der Waals surface area contributed by atoms with E-state index in [0.29, 0.717) is 35.3 Å². The fourth-order valence-corrected chi connectivity index (χ4v) is 3.73. The molecule has 1 N–H and O–H groups in total. The lowest BCUT2D eigenvalue weighted by Crippen LogP contribution is -2.26. The van der Waals surface area contributed by atoms with Crippen molar-refractivity contribution in [3.8, 4) is 22.8 Å². The van der Waals surface area contributed by atoms with Crippen LogP contribution in [0.25, 0.3) is 34.1 Å². The average Bonchev–Trinajstić information content (AvgIpc) is 3.46. The standard InChI is InChI=1S/C26H25N5O2/c1-17-14-15-21(32-17)20(31(2)3)16-27-24-22-25(29-23(28-24)18-10-6-4-7-11-18)30-26(33-22)19-12-8-5-9-13-19/h4-15,20H,16H2,1-3H3,(H,27,28,29)/t20-/m1/s1. The number of oxazole rings is 1. The van der Waals surface area contributed by atoms with Crippen molar-refractivity contribution < 1.29 is 8.83 Å². The van der Waals surface area contributed by atoms with Crippen LogP contribution in [0.15, 0.2) is 81.6 Å². The molecule has 2 aromatic carbocycles. The van der Waals surface area contributed by atoms with Crippen molar-refractivity contribution in [2.75, 3.05) is 26.0 Å². The summed E-state index contributed by atoms with van der Waals surface area (Å²) in [7, 11) is 4.05. The molecule has 5 aromatic rings. The first kappa shape index (κ1) is 20.9. The van der Waals surface area contributed by atoms with Gasteiger partial charge in [0.15, 0.2) is 11.6 Å². The van der Waals surface area contributed by atoms with Gasteiger partial charge in [-0.3, -0.25) is 4.90 Å². The third kappa shape index (κ3) is 4.36. The number of benzene rings is 2. The number of fused-ring (bicyclic) bond motifs is 1. The summed E-state index contributed by atoms with van der Waals surface area (Å²) in [5.74, 6) is 3.48. The number of furan rings is 1. The van der Waals surface area contributed by atoms with Crippen LogP contribution in [0.3, 0.4) is 0 Å². The molecule has 1 atom stereocenters. The molecule has 0 fully saturated rings. The maximum Gasteiger partial charge on any atom is 0.229 e. The van der Waals surface area contributed by atoms with E-state index >= 15 is 0 Å². The highest BCUT2D eigenvalue weighted by Crippen LogP contribution is 2.30. The minimum atomic E-state index is 0.0143. The predicted molar refractivity (Wildman–Crippen MR) is 129 cm³/mol. The van der Waals surface area contributed by atoms with E-state index in [9.17, 15) is 0 Å². The van der Waals surface area contributed by atoms with E-state index in [1.54, 1.807) is 0 Å². The Morgan fingerprint density at radius 2 is 1.52 bits per heavy atom. The number of nitrogens with zero attached hydrogens (tertiary/aromatic N) is 4. The fourth-order valence-electron chi connectivity index (χ4n) is 3.73. The Labute approximate surface area is 192 Å². The number of nitrogens with one attached hydrogen (secondary N) is 1. The van der Waals surface area contributed by atoms with Crippen molar-refractivity contribution >= 4 is 17.0 Å². The Kier molecular flexibility index (Phi) is 5.62. The zero-order valence-electron chi connectivity index (χ0n) is 18.8. The van der Waals surface area contributed by atoms with E-state index in [-0.39, 0.29) is 6.04 Å². The van der Waals surface area contributed by atoms with Gasteiger partial charge in [-0.15, -0.1) is 0 Å². The second-order valence-electron chi connectivity index (χ2n) is 8.11. The molecule has 3 aromatic heterocycles. The maximum atomic E-state index is 6.14. The van der Waals surface area contributed by atoms with E-state index in [4.69, 9.17) is 18.8 Å². The lowest BCUT2D eigenvalue weighted by atomic mass is 10.2. The molecule has 0 aliphatic heterocycles. The molecular formula is C26H25N5O2. The topological polar surface area (TPSA) is 80.2 Å². The van der Waals surface area contributed by atoms with Crippen LogP contribution in [0, 0.1) is 6.92 Å². The van der Waals surface area contributed by atoms with Crippen molar-refractivity contribution in [2.24, 2.45) is 0 Å². The predicted octanol–water partition coefficient (Wildman–Crippen LogP) is 5.57. The number of hydrogen-bond donors (Lipinski definition) is 1. The van der Waals surface area contributed by atoms with Gasteiger partial charge in [0.2, 0.25) is 17.1 Å².